The molecule has 10 heteroatoms. The lowest BCUT2D eigenvalue weighted by Gasteiger charge is -2.43. The number of alkyl halides is 3. The number of rotatable bonds is 5. The summed E-state index contributed by atoms with van der Waals surface area (Å²) in [6.07, 6.45) is -1.67. The average Bonchev–Trinajstić information content (AvgIpc) is 2.73. The second kappa shape index (κ2) is 9.49. The van der Waals surface area contributed by atoms with Crippen LogP contribution >= 0.6 is 23.4 Å². The van der Waals surface area contributed by atoms with Crippen molar-refractivity contribution in [2.75, 3.05) is 33.5 Å². The van der Waals surface area contributed by atoms with Crippen molar-refractivity contribution in [3.63, 3.8) is 0 Å². The Hall–Kier alpha value is -1.97. The van der Waals surface area contributed by atoms with Gasteiger partial charge in [0.05, 0.1) is 28.8 Å². The number of carbonyl (C=O) groups excluding carboxylic acids is 1. The molecule has 0 radical (unpaired) electrons. The summed E-state index contributed by atoms with van der Waals surface area (Å²) in [6, 6.07) is 6.06. The summed E-state index contributed by atoms with van der Waals surface area (Å²) in [7, 11) is 3.12. The highest BCUT2D eigenvalue weighted by molar-refractivity contribution is 7.98. The van der Waals surface area contributed by atoms with Crippen molar-refractivity contribution in [1.29, 1.82) is 0 Å². The van der Waals surface area contributed by atoms with Crippen LogP contribution in [0.15, 0.2) is 35.2 Å². The van der Waals surface area contributed by atoms with Gasteiger partial charge in [0.2, 0.25) is 0 Å². The number of hydrogen-bond acceptors (Lipinski definition) is 4. The zero-order chi connectivity index (χ0) is 23.7. The van der Waals surface area contributed by atoms with E-state index in [2.05, 4.69) is 5.32 Å². The third-order valence-electron chi connectivity index (χ3n) is 5.57. The number of piperidine rings is 1. The number of halogens is 5. The Bertz CT molecular complexity index is 993. The van der Waals surface area contributed by atoms with Crippen LogP contribution in [0.1, 0.15) is 34.3 Å². The molecule has 1 unspecified atom stereocenters. The summed E-state index contributed by atoms with van der Waals surface area (Å²) in [5, 5.41) is 2.95. The van der Waals surface area contributed by atoms with E-state index in [1.54, 1.807) is 12.3 Å². The van der Waals surface area contributed by atoms with Crippen molar-refractivity contribution in [1.82, 2.24) is 10.2 Å². The van der Waals surface area contributed by atoms with Crippen LogP contribution in [0, 0.1) is 5.82 Å². The van der Waals surface area contributed by atoms with Crippen molar-refractivity contribution in [3.8, 4) is 5.75 Å². The molecule has 2 aromatic carbocycles. The van der Waals surface area contributed by atoms with Crippen LogP contribution in [0.5, 0.6) is 5.75 Å². The Balaban J connectivity index is 2.08. The van der Waals surface area contributed by atoms with Crippen molar-refractivity contribution in [3.05, 3.63) is 57.9 Å². The Morgan fingerprint density at radius 1 is 1.28 bits per heavy atom. The normalized spacial score (nSPS) is 19.6. The number of thioether (sulfide) groups is 1. The third kappa shape index (κ3) is 5.00. The quantitative estimate of drug-likeness (QED) is 0.439. The minimum atomic E-state index is -4.58. The summed E-state index contributed by atoms with van der Waals surface area (Å²) in [4.78, 5) is 15.6. The molecule has 1 fully saturated rings. The number of nitrogens with zero attached hydrogens (tertiary/aromatic N) is 1. The second-order valence-electron chi connectivity index (χ2n) is 7.76. The number of benzene rings is 2. The van der Waals surface area contributed by atoms with E-state index in [-0.39, 0.29) is 21.2 Å². The summed E-state index contributed by atoms with van der Waals surface area (Å²) in [5.41, 5.74) is -1.15. The van der Waals surface area contributed by atoms with Crippen LogP contribution in [-0.2, 0) is 11.7 Å². The SMILES string of the molecule is COc1cc(C(F)(F)F)cc(SC)c1C(=O)NC1(c2ccc(F)c(Cl)c2)CCCN(C)C1. The van der Waals surface area contributed by atoms with Gasteiger partial charge >= 0.3 is 6.18 Å². The second-order valence-corrected chi connectivity index (χ2v) is 9.02. The Labute approximate surface area is 193 Å². The summed E-state index contributed by atoms with van der Waals surface area (Å²) in [6.45, 7) is 1.24. The number of carbonyl (C=O) groups is 1. The first-order valence-corrected chi connectivity index (χ1v) is 11.4. The fourth-order valence-corrected chi connectivity index (χ4v) is 4.88. The molecule has 0 bridgehead atoms. The highest BCUT2D eigenvalue weighted by Crippen LogP contribution is 2.39. The van der Waals surface area contributed by atoms with E-state index >= 15 is 0 Å². The first-order chi connectivity index (χ1) is 15.0. The summed E-state index contributed by atoms with van der Waals surface area (Å²) >= 11 is 7.03. The minimum Gasteiger partial charge on any atom is -0.496 e. The highest BCUT2D eigenvalue weighted by Gasteiger charge is 2.40. The lowest BCUT2D eigenvalue weighted by Crippen LogP contribution is -2.55. The lowest BCUT2D eigenvalue weighted by atomic mass is 9.82. The predicted molar refractivity (Wildman–Crippen MR) is 117 cm³/mol. The van der Waals surface area contributed by atoms with Gasteiger partial charge in [-0.15, -0.1) is 11.8 Å². The van der Waals surface area contributed by atoms with E-state index in [0.29, 0.717) is 18.5 Å². The molecule has 1 heterocycles. The molecule has 32 heavy (non-hydrogen) atoms. The van der Waals surface area contributed by atoms with E-state index in [0.717, 1.165) is 36.9 Å². The Kier molecular flexibility index (Phi) is 7.31. The molecule has 1 atom stereocenters. The number of nitrogens with one attached hydrogen (secondary N) is 1. The van der Waals surface area contributed by atoms with Gasteiger partial charge in [-0.05, 0) is 62.5 Å². The monoisotopic (exact) mass is 490 g/mol. The van der Waals surface area contributed by atoms with Gasteiger partial charge in [0.1, 0.15) is 11.6 Å². The minimum absolute atomic E-state index is 0.0220. The average molecular weight is 491 g/mol. The molecule has 1 saturated heterocycles. The molecular formula is C22H23ClF4N2O2S. The van der Waals surface area contributed by atoms with Gasteiger partial charge < -0.3 is 15.0 Å². The highest BCUT2D eigenvalue weighted by atomic mass is 35.5. The first-order valence-electron chi connectivity index (χ1n) is 9.80. The molecule has 2 aromatic rings. The van der Waals surface area contributed by atoms with E-state index in [9.17, 15) is 22.4 Å². The summed E-state index contributed by atoms with van der Waals surface area (Å²) in [5.74, 6) is -1.32. The van der Waals surface area contributed by atoms with Crippen LogP contribution < -0.4 is 10.1 Å². The van der Waals surface area contributed by atoms with Crippen LogP contribution in [0.25, 0.3) is 0 Å². The smallest absolute Gasteiger partial charge is 0.416 e. The predicted octanol–water partition coefficient (Wildman–Crippen LogP) is 5.58. The Morgan fingerprint density at radius 2 is 2.00 bits per heavy atom. The van der Waals surface area contributed by atoms with Crippen LogP contribution in [0.3, 0.4) is 0 Å². The van der Waals surface area contributed by atoms with E-state index in [1.807, 2.05) is 11.9 Å². The van der Waals surface area contributed by atoms with Crippen LogP contribution in [-0.4, -0.2) is 44.3 Å². The molecule has 0 aromatic heterocycles. The maximum Gasteiger partial charge on any atom is 0.416 e. The maximum atomic E-state index is 13.8. The summed E-state index contributed by atoms with van der Waals surface area (Å²) < 4.78 is 58.9. The molecule has 1 amide bonds. The van der Waals surface area contributed by atoms with E-state index in [1.165, 1.54) is 19.2 Å². The molecule has 3 rings (SSSR count). The lowest BCUT2D eigenvalue weighted by molar-refractivity contribution is -0.137. The number of likely N-dealkylation sites (N-methyl/N-ethyl adjacent to an activating group) is 1. The molecule has 1 N–H and O–H groups in total. The molecule has 4 nitrogen and oxygen atoms in total. The zero-order valence-corrected chi connectivity index (χ0v) is 19.3. The number of ether oxygens (including phenoxy) is 1. The van der Waals surface area contributed by atoms with Crippen LogP contribution in [0.4, 0.5) is 17.6 Å². The topological polar surface area (TPSA) is 41.6 Å². The molecule has 174 valence electrons. The van der Waals surface area contributed by atoms with Crippen molar-refractivity contribution >= 4 is 29.3 Å². The Morgan fingerprint density at radius 3 is 2.56 bits per heavy atom. The van der Waals surface area contributed by atoms with Gasteiger partial charge in [-0.1, -0.05) is 17.7 Å². The zero-order valence-electron chi connectivity index (χ0n) is 17.8. The fourth-order valence-electron chi connectivity index (χ4n) is 4.05. The van der Waals surface area contributed by atoms with Gasteiger partial charge in [-0.3, -0.25) is 4.79 Å². The first kappa shape index (κ1) is 24.7. The van der Waals surface area contributed by atoms with Gasteiger partial charge in [0, 0.05) is 11.4 Å². The third-order valence-corrected chi connectivity index (χ3v) is 6.62. The number of methoxy groups -OCH3 is 1. The number of likely N-dealkylation sites (tertiary alicyclic amines) is 1. The largest absolute Gasteiger partial charge is 0.496 e. The van der Waals surface area contributed by atoms with Gasteiger partial charge in [0.25, 0.3) is 5.91 Å². The van der Waals surface area contributed by atoms with Crippen LogP contribution in [0.2, 0.25) is 5.02 Å². The number of amides is 1. The number of hydrogen-bond donors (Lipinski definition) is 1. The fraction of sp³-hybridized carbons (Fsp3) is 0.409. The molecule has 0 saturated carbocycles. The van der Waals surface area contributed by atoms with E-state index in [4.69, 9.17) is 16.3 Å². The molecule has 0 aliphatic carbocycles. The van der Waals surface area contributed by atoms with E-state index < -0.39 is 29.0 Å². The van der Waals surface area contributed by atoms with Crippen molar-refractivity contribution < 1.29 is 27.1 Å². The molecule has 1 aliphatic heterocycles. The standard InChI is InChI=1S/C22H23ClF4N2O2S/c1-29-8-4-7-21(12-29,13-5-6-16(24)15(23)9-13)28-20(30)19-17(31-2)10-14(22(25,26)27)11-18(19)32-3/h5-6,9-11H,4,7-8,12H2,1-3H3,(H,28,30). The molecule has 0 spiro atoms. The van der Waals surface area contributed by atoms with Crippen molar-refractivity contribution in [2.45, 2.75) is 29.5 Å². The van der Waals surface area contributed by atoms with Crippen molar-refractivity contribution in [2.24, 2.45) is 0 Å². The maximum absolute atomic E-state index is 13.8. The van der Waals surface area contributed by atoms with Gasteiger partial charge in [-0.25, -0.2) is 4.39 Å². The van der Waals surface area contributed by atoms with Gasteiger partial charge in [-0.2, -0.15) is 13.2 Å². The molecule has 1 aliphatic rings. The van der Waals surface area contributed by atoms with Gasteiger partial charge in [0.15, 0.2) is 0 Å². The molecular weight excluding hydrogens is 468 g/mol.